The molecule has 2 aliphatic rings. The lowest BCUT2D eigenvalue weighted by Crippen LogP contribution is -2.57. The molecule has 0 saturated carbocycles. The van der Waals surface area contributed by atoms with Gasteiger partial charge >= 0.3 is 6.09 Å². The number of likely N-dealkylation sites (tertiary alicyclic amines) is 1. The zero-order valence-electron chi connectivity index (χ0n) is 14.4. The highest BCUT2D eigenvalue weighted by molar-refractivity contribution is 5.68. The molecule has 2 saturated heterocycles. The SMILES string of the molecule is CCC1CN(C(=O)OC(C)(C)C)CC(C)C12CCNCC2. The minimum atomic E-state index is -0.411. The molecule has 0 aliphatic carbocycles. The largest absolute Gasteiger partial charge is 0.444 e. The molecule has 0 aromatic heterocycles. The van der Waals surface area contributed by atoms with Crippen molar-refractivity contribution in [3.63, 3.8) is 0 Å². The van der Waals surface area contributed by atoms with Crippen LogP contribution in [0.25, 0.3) is 0 Å². The number of rotatable bonds is 1. The van der Waals surface area contributed by atoms with Crippen molar-refractivity contribution in [2.45, 2.75) is 59.5 Å². The van der Waals surface area contributed by atoms with Crippen LogP contribution in [0, 0.1) is 17.3 Å². The van der Waals surface area contributed by atoms with E-state index in [-0.39, 0.29) is 6.09 Å². The summed E-state index contributed by atoms with van der Waals surface area (Å²) >= 11 is 0. The number of hydrogen-bond acceptors (Lipinski definition) is 3. The number of nitrogens with one attached hydrogen (secondary N) is 1. The normalized spacial score (nSPS) is 29.5. The van der Waals surface area contributed by atoms with Crippen LogP contribution in [-0.2, 0) is 4.74 Å². The second-order valence-electron chi connectivity index (χ2n) is 7.87. The quantitative estimate of drug-likeness (QED) is 0.807. The number of carbonyl (C=O) groups is 1. The summed E-state index contributed by atoms with van der Waals surface area (Å²) in [6.07, 6.45) is 3.49. The molecule has 2 aliphatic heterocycles. The van der Waals surface area contributed by atoms with Crippen LogP contribution in [0.4, 0.5) is 4.79 Å². The van der Waals surface area contributed by atoms with Gasteiger partial charge in [0.25, 0.3) is 0 Å². The fourth-order valence-electron chi connectivity index (χ4n) is 4.24. The molecule has 21 heavy (non-hydrogen) atoms. The van der Waals surface area contributed by atoms with Crippen molar-refractivity contribution in [1.29, 1.82) is 0 Å². The lowest BCUT2D eigenvalue weighted by Gasteiger charge is -2.54. The molecule has 2 rings (SSSR count). The van der Waals surface area contributed by atoms with Gasteiger partial charge in [-0.3, -0.25) is 0 Å². The van der Waals surface area contributed by atoms with Crippen molar-refractivity contribution in [2.75, 3.05) is 26.2 Å². The molecule has 0 radical (unpaired) electrons. The van der Waals surface area contributed by atoms with E-state index in [2.05, 4.69) is 19.2 Å². The summed E-state index contributed by atoms with van der Waals surface area (Å²) in [5.41, 5.74) is 0.00440. The molecule has 2 atom stereocenters. The number of nitrogens with zero attached hydrogens (tertiary/aromatic N) is 1. The van der Waals surface area contributed by atoms with Crippen molar-refractivity contribution < 1.29 is 9.53 Å². The van der Waals surface area contributed by atoms with E-state index in [9.17, 15) is 4.79 Å². The van der Waals surface area contributed by atoms with Crippen molar-refractivity contribution in [3.8, 4) is 0 Å². The maximum absolute atomic E-state index is 12.4. The second kappa shape index (κ2) is 6.15. The van der Waals surface area contributed by atoms with E-state index < -0.39 is 5.60 Å². The summed E-state index contributed by atoms with van der Waals surface area (Å²) in [5.74, 6) is 1.14. The van der Waals surface area contributed by atoms with Crippen LogP contribution >= 0.6 is 0 Å². The Hall–Kier alpha value is -0.770. The highest BCUT2D eigenvalue weighted by atomic mass is 16.6. The highest BCUT2D eigenvalue weighted by Crippen LogP contribution is 2.48. The predicted octanol–water partition coefficient (Wildman–Crippen LogP) is 3.27. The van der Waals surface area contributed by atoms with Crippen LogP contribution in [0.1, 0.15) is 53.9 Å². The number of amides is 1. The van der Waals surface area contributed by atoms with E-state index >= 15 is 0 Å². The van der Waals surface area contributed by atoms with E-state index in [1.165, 1.54) is 12.8 Å². The maximum atomic E-state index is 12.4. The zero-order chi connectivity index (χ0) is 15.7. The molecule has 1 amide bonds. The van der Waals surface area contributed by atoms with Gasteiger partial charge in [0.2, 0.25) is 0 Å². The van der Waals surface area contributed by atoms with Crippen molar-refractivity contribution in [3.05, 3.63) is 0 Å². The van der Waals surface area contributed by atoms with Crippen LogP contribution in [0.2, 0.25) is 0 Å². The number of hydrogen-bond donors (Lipinski definition) is 1. The summed E-state index contributed by atoms with van der Waals surface area (Å²) in [5, 5.41) is 3.48. The van der Waals surface area contributed by atoms with Gasteiger partial charge in [-0.1, -0.05) is 20.3 Å². The van der Waals surface area contributed by atoms with Crippen LogP contribution in [-0.4, -0.2) is 42.8 Å². The Kier molecular flexibility index (Phi) is 4.86. The Morgan fingerprint density at radius 2 is 1.90 bits per heavy atom. The molecule has 122 valence electrons. The van der Waals surface area contributed by atoms with Crippen LogP contribution in [0.3, 0.4) is 0 Å². The smallest absolute Gasteiger partial charge is 0.410 e. The first-order chi connectivity index (χ1) is 9.78. The van der Waals surface area contributed by atoms with Crippen molar-refractivity contribution >= 4 is 6.09 Å². The van der Waals surface area contributed by atoms with Crippen LogP contribution in [0.15, 0.2) is 0 Å². The third kappa shape index (κ3) is 3.53. The van der Waals surface area contributed by atoms with E-state index in [4.69, 9.17) is 4.74 Å². The van der Waals surface area contributed by atoms with E-state index in [0.29, 0.717) is 17.3 Å². The fourth-order valence-corrected chi connectivity index (χ4v) is 4.24. The van der Waals surface area contributed by atoms with Gasteiger partial charge in [0.15, 0.2) is 0 Å². The first-order valence-corrected chi connectivity index (χ1v) is 8.47. The summed E-state index contributed by atoms with van der Waals surface area (Å²) < 4.78 is 5.57. The third-order valence-corrected chi connectivity index (χ3v) is 5.41. The average Bonchev–Trinajstić information content (AvgIpc) is 2.41. The summed E-state index contributed by atoms with van der Waals surface area (Å²) in [7, 11) is 0. The molecular formula is C17H32N2O2. The molecule has 0 aromatic carbocycles. The predicted molar refractivity (Wildman–Crippen MR) is 85.3 cm³/mol. The first-order valence-electron chi connectivity index (χ1n) is 8.47. The van der Waals surface area contributed by atoms with Gasteiger partial charge in [-0.25, -0.2) is 4.79 Å². The van der Waals surface area contributed by atoms with E-state index in [0.717, 1.165) is 32.6 Å². The average molecular weight is 296 g/mol. The highest BCUT2D eigenvalue weighted by Gasteiger charge is 2.48. The molecule has 0 bridgehead atoms. The monoisotopic (exact) mass is 296 g/mol. The number of carbonyl (C=O) groups excluding carboxylic acids is 1. The standard InChI is InChI=1S/C17H32N2O2/c1-6-14-12-19(15(20)21-16(3,4)5)11-13(2)17(14)7-9-18-10-8-17/h13-14,18H,6-12H2,1-5H3. The molecule has 1 N–H and O–H groups in total. The Morgan fingerprint density at radius 1 is 1.29 bits per heavy atom. The van der Waals surface area contributed by atoms with E-state index in [1.54, 1.807) is 0 Å². The molecule has 2 unspecified atom stereocenters. The Bertz CT molecular complexity index is 369. The fraction of sp³-hybridized carbons (Fsp3) is 0.941. The lowest BCUT2D eigenvalue weighted by molar-refractivity contribution is -0.0522. The van der Waals surface area contributed by atoms with Gasteiger partial charge in [-0.2, -0.15) is 0 Å². The van der Waals surface area contributed by atoms with Crippen LogP contribution < -0.4 is 5.32 Å². The molecule has 4 nitrogen and oxygen atoms in total. The first kappa shape index (κ1) is 16.6. The van der Waals surface area contributed by atoms with E-state index in [1.807, 2.05) is 25.7 Å². The number of piperidine rings is 2. The van der Waals surface area contributed by atoms with Gasteiger partial charge in [0.1, 0.15) is 5.60 Å². The zero-order valence-corrected chi connectivity index (χ0v) is 14.4. The number of ether oxygens (including phenoxy) is 1. The molecule has 2 heterocycles. The Labute approximate surface area is 129 Å². The Morgan fingerprint density at radius 3 is 2.43 bits per heavy atom. The third-order valence-electron chi connectivity index (χ3n) is 5.41. The maximum Gasteiger partial charge on any atom is 0.410 e. The molecule has 1 spiro atoms. The molecule has 2 fully saturated rings. The lowest BCUT2D eigenvalue weighted by atomic mass is 9.59. The topological polar surface area (TPSA) is 41.6 Å². The van der Waals surface area contributed by atoms with Crippen molar-refractivity contribution in [2.24, 2.45) is 17.3 Å². The summed E-state index contributed by atoms with van der Waals surface area (Å²) in [6.45, 7) is 14.3. The Balaban J connectivity index is 2.09. The minimum absolute atomic E-state index is 0.142. The summed E-state index contributed by atoms with van der Waals surface area (Å²) in [6, 6.07) is 0. The van der Waals surface area contributed by atoms with Gasteiger partial charge < -0.3 is 15.0 Å². The molecular weight excluding hydrogens is 264 g/mol. The van der Waals surface area contributed by atoms with Crippen molar-refractivity contribution in [1.82, 2.24) is 10.2 Å². The molecule has 4 heteroatoms. The molecule has 0 aromatic rings. The van der Waals surface area contributed by atoms with Gasteiger partial charge in [0, 0.05) is 13.1 Å². The summed E-state index contributed by atoms with van der Waals surface area (Å²) in [4.78, 5) is 14.3. The van der Waals surface area contributed by atoms with Gasteiger partial charge in [0.05, 0.1) is 0 Å². The second-order valence-corrected chi connectivity index (χ2v) is 7.87. The van der Waals surface area contributed by atoms with Gasteiger partial charge in [-0.05, 0) is 64.0 Å². The van der Waals surface area contributed by atoms with Gasteiger partial charge in [-0.15, -0.1) is 0 Å². The minimum Gasteiger partial charge on any atom is -0.444 e. The van der Waals surface area contributed by atoms with Crippen LogP contribution in [0.5, 0.6) is 0 Å².